The molecule has 0 saturated carbocycles. The molecule has 166 valence electrons. The van der Waals surface area contributed by atoms with E-state index in [0.717, 1.165) is 54.2 Å². The molecule has 0 spiro atoms. The Morgan fingerprint density at radius 1 is 1.00 bits per heavy atom. The predicted octanol–water partition coefficient (Wildman–Crippen LogP) is 4.54. The van der Waals surface area contributed by atoms with Crippen LogP contribution in [0.1, 0.15) is 22.8 Å². The molecule has 8 heteroatoms. The van der Waals surface area contributed by atoms with Crippen molar-refractivity contribution in [2.24, 2.45) is 4.99 Å². The van der Waals surface area contributed by atoms with Gasteiger partial charge >= 0.3 is 0 Å². The number of nitrogens with one attached hydrogen (secondary N) is 1. The number of piperazine rings is 1. The third kappa shape index (κ3) is 5.79. The van der Waals surface area contributed by atoms with Crippen LogP contribution in [-0.4, -0.2) is 61.3 Å². The van der Waals surface area contributed by atoms with Crippen LogP contribution in [0, 0.1) is 0 Å². The molecule has 1 saturated heterocycles. The van der Waals surface area contributed by atoms with Crippen molar-refractivity contribution in [2.45, 2.75) is 6.92 Å². The van der Waals surface area contributed by atoms with E-state index < -0.39 is 0 Å². The Hall–Kier alpha value is -2.54. The molecule has 31 heavy (non-hydrogen) atoms. The first-order valence-corrected chi connectivity index (χ1v) is 10.0. The number of furan rings is 1. The lowest BCUT2D eigenvalue weighted by molar-refractivity contribution is 0.0664. The number of hydrogen-bond acceptors (Lipinski definition) is 4. The minimum Gasteiger partial charge on any atom is -0.464 e. The first kappa shape index (κ1) is 24.7. The quantitative estimate of drug-likeness (QED) is 0.456. The number of aliphatic imine (C=N–C) groups is 1. The van der Waals surface area contributed by atoms with Gasteiger partial charge in [0.2, 0.25) is 0 Å². The van der Waals surface area contributed by atoms with Gasteiger partial charge in [0.05, 0.1) is 6.26 Å². The Morgan fingerprint density at radius 3 is 2.35 bits per heavy atom. The van der Waals surface area contributed by atoms with Gasteiger partial charge in [-0.1, -0.05) is 0 Å². The van der Waals surface area contributed by atoms with E-state index in [0.29, 0.717) is 12.1 Å². The number of amidine groups is 1. The molecule has 0 unspecified atom stereocenters. The van der Waals surface area contributed by atoms with Crippen molar-refractivity contribution in [1.29, 1.82) is 0 Å². The lowest BCUT2D eigenvalue weighted by Crippen LogP contribution is -2.47. The normalized spacial score (nSPS) is 14.6. The average molecular weight is 463 g/mol. The van der Waals surface area contributed by atoms with Gasteiger partial charge in [-0.25, -0.2) is 0 Å². The maximum Gasteiger partial charge on any atom is 0.253 e. The van der Waals surface area contributed by atoms with E-state index in [4.69, 9.17) is 4.42 Å². The smallest absolute Gasteiger partial charge is 0.253 e. The predicted molar refractivity (Wildman–Crippen MR) is 131 cm³/mol. The van der Waals surface area contributed by atoms with Gasteiger partial charge in [-0.05, 0) is 62.5 Å². The van der Waals surface area contributed by atoms with E-state index >= 15 is 0 Å². The monoisotopic (exact) mass is 462 g/mol. The number of rotatable bonds is 4. The molecule has 1 N–H and O–H groups in total. The zero-order valence-corrected chi connectivity index (χ0v) is 19.3. The number of carbonyl (C=O) groups excluding carboxylic acids is 1. The van der Waals surface area contributed by atoms with E-state index in [2.05, 4.69) is 28.3 Å². The zero-order valence-electron chi connectivity index (χ0n) is 17.7. The van der Waals surface area contributed by atoms with Gasteiger partial charge in [0.25, 0.3) is 5.91 Å². The van der Waals surface area contributed by atoms with Crippen molar-refractivity contribution >= 4 is 53.2 Å². The molecule has 1 fully saturated rings. The summed E-state index contributed by atoms with van der Waals surface area (Å²) in [5.41, 5.74) is 3.48. The van der Waals surface area contributed by atoms with Gasteiger partial charge in [-0.2, -0.15) is 0 Å². The van der Waals surface area contributed by atoms with Crippen LogP contribution in [0.2, 0.25) is 0 Å². The summed E-state index contributed by atoms with van der Waals surface area (Å²) < 4.78 is 5.42. The van der Waals surface area contributed by atoms with E-state index in [-0.39, 0.29) is 30.7 Å². The molecule has 0 atom stereocenters. The van der Waals surface area contributed by atoms with E-state index in [1.165, 1.54) is 0 Å². The fraction of sp³-hybridized carbons (Fsp3) is 0.304. The summed E-state index contributed by atoms with van der Waals surface area (Å²) in [5.74, 6) is 0.895. The zero-order chi connectivity index (χ0) is 20.2. The molecule has 3 aromatic rings. The Kier molecular flexibility index (Phi) is 8.92. The van der Waals surface area contributed by atoms with Crippen LogP contribution in [0.4, 0.5) is 5.69 Å². The SMILES string of the molecule is CCN=C(Nc1ccc(C(=O)N2CCN(C)CC2)cc1)c1ccc2occc2c1.Cl.Cl. The van der Waals surface area contributed by atoms with Crippen LogP contribution in [0.15, 0.2) is 64.2 Å². The Morgan fingerprint density at radius 2 is 1.68 bits per heavy atom. The molecule has 6 nitrogen and oxygen atoms in total. The van der Waals surface area contributed by atoms with Crippen LogP contribution in [0.25, 0.3) is 11.0 Å². The van der Waals surface area contributed by atoms with Crippen molar-refractivity contribution in [2.75, 3.05) is 45.1 Å². The molecular formula is C23H28Cl2N4O2. The highest BCUT2D eigenvalue weighted by atomic mass is 35.5. The van der Waals surface area contributed by atoms with Crippen molar-refractivity contribution < 1.29 is 9.21 Å². The number of amides is 1. The summed E-state index contributed by atoms with van der Waals surface area (Å²) in [6.45, 7) is 6.08. The van der Waals surface area contributed by atoms with E-state index in [9.17, 15) is 4.79 Å². The Labute approximate surface area is 195 Å². The van der Waals surface area contributed by atoms with Crippen molar-refractivity contribution in [3.05, 3.63) is 65.9 Å². The third-order valence-corrected chi connectivity index (χ3v) is 5.23. The number of halogens is 2. The van der Waals surface area contributed by atoms with Gasteiger partial charge in [-0.15, -0.1) is 24.8 Å². The number of nitrogens with zero attached hydrogens (tertiary/aromatic N) is 3. The summed E-state index contributed by atoms with van der Waals surface area (Å²) in [6.07, 6.45) is 1.69. The van der Waals surface area contributed by atoms with Gasteiger partial charge < -0.3 is 19.5 Å². The fourth-order valence-corrected chi connectivity index (χ4v) is 3.50. The van der Waals surface area contributed by atoms with Crippen molar-refractivity contribution in [3.8, 4) is 0 Å². The van der Waals surface area contributed by atoms with Crippen LogP contribution >= 0.6 is 24.8 Å². The van der Waals surface area contributed by atoms with Crippen molar-refractivity contribution in [1.82, 2.24) is 9.80 Å². The largest absolute Gasteiger partial charge is 0.464 e. The number of benzene rings is 2. The highest BCUT2D eigenvalue weighted by Gasteiger charge is 2.20. The van der Waals surface area contributed by atoms with E-state index in [1.807, 2.05) is 54.3 Å². The van der Waals surface area contributed by atoms with Gasteiger partial charge in [0.1, 0.15) is 11.4 Å². The Bertz CT molecular complexity index is 1030. The molecule has 1 aromatic heterocycles. The second kappa shape index (κ2) is 11.2. The second-order valence-corrected chi connectivity index (χ2v) is 7.29. The first-order chi connectivity index (χ1) is 14.1. The maximum atomic E-state index is 12.7. The molecule has 2 aromatic carbocycles. The molecule has 0 bridgehead atoms. The highest BCUT2D eigenvalue weighted by Crippen LogP contribution is 2.19. The van der Waals surface area contributed by atoms with Gasteiger partial charge in [0.15, 0.2) is 0 Å². The van der Waals surface area contributed by atoms with Crippen LogP contribution in [0.3, 0.4) is 0 Å². The molecule has 1 aliphatic heterocycles. The third-order valence-electron chi connectivity index (χ3n) is 5.23. The van der Waals surface area contributed by atoms with Gasteiger partial charge in [0, 0.05) is 54.9 Å². The average Bonchev–Trinajstić information content (AvgIpc) is 3.22. The first-order valence-electron chi connectivity index (χ1n) is 10.0. The highest BCUT2D eigenvalue weighted by molar-refractivity contribution is 6.10. The lowest BCUT2D eigenvalue weighted by atomic mass is 10.1. The lowest BCUT2D eigenvalue weighted by Gasteiger charge is -2.32. The molecular weight excluding hydrogens is 435 g/mol. The number of anilines is 1. The number of likely N-dealkylation sites (N-methyl/N-ethyl adjacent to an activating group) is 1. The number of hydrogen-bond donors (Lipinski definition) is 1. The van der Waals surface area contributed by atoms with Crippen LogP contribution in [-0.2, 0) is 0 Å². The summed E-state index contributed by atoms with van der Waals surface area (Å²) >= 11 is 0. The summed E-state index contributed by atoms with van der Waals surface area (Å²) in [4.78, 5) is 21.5. The minimum absolute atomic E-state index is 0. The van der Waals surface area contributed by atoms with Crippen LogP contribution < -0.4 is 5.32 Å². The molecule has 1 aliphatic rings. The maximum absolute atomic E-state index is 12.7. The number of carbonyl (C=O) groups is 1. The summed E-state index contributed by atoms with van der Waals surface area (Å²) in [6, 6.07) is 15.6. The topological polar surface area (TPSA) is 61.1 Å². The molecule has 0 aliphatic carbocycles. The van der Waals surface area contributed by atoms with E-state index in [1.54, 1.807) is 6.26 Å². The standard InChI is InChI=1S/C23H26N4O2.2ClH/c1-3-24-22(19-6-9-21-18(16-19)10-15-29-21)25-20-7-4-17(5-8-20)23(28)27-13-11-26(2)12-14-27;;/h4-10,15-16H,3,11-14H2,1-2H3,(H,24,25);2*1H. The van der Waals surface area contributed by atoms with Crippen LogP contribution in [0.5, 0.6) is 0 Å². The minimum atomic E-state index is 0. The summed E-state index contributed by atoms with van der Waals surface area (Å²) in [5, 5.41) is 4.44. The molecule has 1 amide bonds. The molecule has 0 radical (unpaired) electrons. The Balaban J connectivity index is 0.00000171. The van der Waals surface area contributed by atoms with Crippen molar-refractivity contribution in [3.63, 3.8) is 0 Å². The second-order valence-electron chi connectivity index (χ2n) is 7.29. The molecule has 2 heterocycles. The van der Waals surface area contributed by atoms with Gasteiger partial charge in [-0.3, -0.25) is 9.79 Å². The summed E-state index contributed by atoms with van der Waals surface area (Å²) in [7, 11) is 2.09. The number of fused-ring (bicyclic) bond motifs is 1. The fourth-order valence-electron chi connectivity index (χ4n) is 3.50. The molecule has 4 rings (SSSR count).